The number of nitrogens with one attached hydrogen (secondary N) is 2. The van der Waals surface area contributed by atoms with Crippen LogP contribution >= 0.6 is 0 Å². The fourth-order valence-corrected chi connectivity index (χ4v) is 3.61. The van der Waals surface area contributed by atoms with Crippen molar-refractivity contribution in [3.63, 3.8) is 0 Å². The van der Waals surface area contributed by atoms with Crippen LogP contribution in [0.25, 0.3) is 11.0 Å². The number of rotatable bonds is 5. The molecule has 112 valence electrons. The molecule has 21 heavy (non-hydrogen) atoms. The minimum Gasteiger partial charge on any atom is -0.481 e. The van der Waals surface area contributed by atoms with E-state index in [-0.39, 0.29) is 17.5 Å². The summed E-state index contributed by atoms with van der Waals surface area (Å²) >= 11 is 0. The number of fused-ring (bicyclic) bond motifs is 1. The normalized spacial score (nSPS) is 17.3. The Balaban J connectivity index is 1.74. The monoisotopic (exact) mass is 288 g/mol. The SMILES string of the molecule is O=C(O)CC1(CCc2ccc3[nH]c(=O)[nH]c3c2)CCCC1. The Hall–Kier alpha value is -2.04. The highest BCUT2D eigenvalue weighted by atomic mass is 16.4. The summed E-state index contributed by atoms with van der Waals surface area (Å²) in [4.78, 5) is 27.9. The lowest BCUT2D eigenvalue weighted by molar-refractivity contribution is -0.139. The zero-order valence-electron chi connectivity index (χ0n) is 11.9. The average molecular weight is 288 g/mol. The van der Waals surface area contributed by atoms with Crippen molar-refractivity contribution in [1.82, 2.24) is 9.97 Å². The number of carboxylic acid groups (broad SMARTS) is 1. The molecule has 2 aromatic rings. The first kappa shape index (κ1) is 13.9. The summed E-state index contributed by atoms with van der Waals surface area (Å²) in [6, 6.07) is 5.90. The molecule has 0 unspecified atom stereocenters. The summed E-state index contributed by atoms with van der Waals surface area (Å²) in [5.74, 6) is -0.692. The summed E-state index contributed by atoms with van der Waals surface area (Å²) < 4.78 is 0. The molecule has 1 aliphatic rings. The first-order chi connectivity index (χ1) is 10.1. The summed E-state index contributed by atoms with van der Waals surface area (Å²) in [5, 5.41) is 9.14. The van der Waals surface area contributed by atoms with Crippen LogP contribution in [0.15, 0.2) is 23.0 Å². The first-order valence-corrected chi connectivity index (χ1v) is 7.49. The number of carbonyl (C=O) groups is 1. The Bertz CT molecular complexity index is 708. The number of aromatic nitrogens is 2. The zero-order chi connectivity index (χ0) is 14.9. The van der Waals surface area contributed by atoms with Gasteiger partial charge in [-0.15, -0.1) is 0 Å². The lowest BCUT2D eigenvalue weighted by Gasteiger charge is -2.27. The third-order valence-corrected chi connectivity index (χ3v) is 4.71. The number of hydrogen-bond donors (Lipinski definition) is 3. The van der Waals surface area contributed by atoms with E-state index in [0.717, 1.165) is 55.1 Å². The largest absolute Gasteiger partial charge is 0.481 e. The lowest BCUT2D eigenvalue weighted by atomic mass is 9.77. The van der Waals surface area contributed by atoms with Crippen LogP contribution in [-0.4, -0.2) is 21.0 Å². The van der Waals surface area contributed by atoms with Crippen molar-refractivity contribution in [2.75, 3.05) is 0 Å². The molecule has 1 aromatic heterocycles. The fraction of sp³-hybridized carbons (Fsp3) is 0.500. The van der Waals surface area contributed by atoms with Gasteiger partial charge in [-0.2, -0.15) is 0 Å². The van der Waals surface area contributed by atoms with Crippen molar-refractivity contribution < 1.29 is 9.90 Å². The lowest BCUT2D eigenvalue weighted by Crippen LogP contribution is -2.21. The highest BCUT2D eigenvalue weighted by Crippen LogP contribution is 2.44. The first-order valence-electron chi connectivity index (χ1n) is 7.49. The molecule has 1 heterocycles. The van der Waals surface area contributed by atoms with Crippen LogP contribution in [0, 0.1) is 5.41 Å². The van der Waals surface area contributed by atoms with Crippen LogP contribution in [0.5, 0.6) is 0 Å². The molecular formula is C16H20N2O3. The Morgan fingerprint density at radius 1 is 1.19 bits per heavy atom. The van der Waals surface area contributed by atoms with Crippen molar-refractivity contribution >= 4 is 17.0 Å². The molecule has 0 spiro atoms. The maximum absolute atomic E-state index is 11.3. The minimum absolute atomic E-state index is 0.0354. The number of H-pyrrole nitrogens is 2. The molecule has 5 heteroatoms. The minimum atomic E-state index is -0.692. The van der Waals surface area contributed by atoms with Gasteiger partial charge in [-0.1, -0.05) is 18.9 Å². The molecule has 0 bridgehead atoms. The Labute approximate surface area is 122 Å². The highest BCUT2D eigenvalue weighted by molar-refractivity contribution is 5.75. The van der Waals surface area contributed by atoms with Crippen LogP contribution in [0.1, 0.15) is 44.1 Å². The maximum Gasteiger partial charge on any atom is 0.323 e. The number of hydrogen-bond acceptors (Lipinski definition) is 2. The summed E-state index contributed by atoms with van der Waals surface area (Å²) in [7, 11) is 0. The van der Waals surface area contributed by atoms with E-state index < -0.39 is 5.97 Å². The van der Waals surface area contributed by atoms with Crippen LogP contribution in [0.4, 0.5) is 0 Å². The second kappa shape index (κ2) is 5.39. The van der Waals surface area contributed by atoms with E-state index >= 15 is 0 Å². The van der Waals surface area contributed by atoms with Gasteiger partial charge in [-0.25, -0.2) is 4.79 Å². The second-order valence-corrected chi connectivity index (χ2v) is 6.24. The summed E-state index contributed by atoms with van der Waals surface area (Å²) in [6.07, 6.45) is 6.34. The molecule has 5 nitrogen and oxygen atoms in total. The maximum atomic E-state index is 11.3. The second-order valence-electron chi connectivity index (χ2n) is 6.24. The number of aliphatic carboxylic acids is 1. The van der Waals surface area contributed by atoms with Crippen molar-refractivity contribution in [3.8, 4) is 0 Å². The van der Waals surface area contributed by atoms with E-state index in [1.807, 2.05) is 18.2 Å². The molecule has 0 radical (unpaired) electrons. The average Bonchev–Trinajstić information content (AvgIpc) is 3.01. The molecular weight excluding hydrogens is 268 g/mol. The summed E-state index contributed by atoms with van der Waals surface area (Å²) in [5.41, 5.74) is 2.54. The molecule has 3 rings (SSSR count). The summed E-state index contributed by atoms with van der Waals surface area (Å²) in [6.45, 7) is 0. The van der Waals surface area contributed by atoms with E-state index in [0.29, 0.717) is 0 Å². The van der Waals surface area contributed by atoms with Gasteiger partial charge in [0.25, 0.3) is 0 Å². The smallest absolute Gasteiger partial charge is 0.323 e. The van der Waals surface area contributed by atoms with Crippen molar-refractivity contribution in [2.24, 2.45) is 5.41 Å². The van der Waals surface area contributed by atoms with Gasteiger partial charge < -0.3 is 15.1 Å². The molecule has 0 amide bonds. The van der Waals surface area contributed by atoms with Gasteiger partial charge in [-0.3, -0.25) is 4.79 Å². The van der Waals surface area contributed by atoms with E-state index in [1.54, 1.807) is 0 Å². The molecule has 1 fully saturated rings. The number of benzene rings is 1. The van der Waals surface area contributed by atoms with E-state index in [2.05, 4.69) is 9.97 Å². The van der Waals surface area contributed by atoms with E-state index in [4.69, 9.17) is 5.11 Å². The van der Waals surface area contributed by atoms with Crippen molar-refractivity contribution in [2.45, 2.75) is 44.9 Å². The van der Waals surface area contributed by atoms with Gasteiger partial charge in [-0.05, 0) is 48.8 Å². The molecule has 1 aliphatic carbocycles. The van der Waals surface area contributed by atoms with Crippen molar-refractivity contribution in [3.05, 3.63) is 34.2 Å². The third-order valence-electron chi connectivity index (χ3n) is 4.71. The standard InChI is InChI=1S/C16H20N2O3/c19-14(20)10-16(6-1-2-7-16)8-5-11-3-4-12-13(9-11)18-15(21)17-12/h3-4,9H,1-2,5-8,10H2,(H,19,20)(H2,17,18,21). The number of aryl methyl sites for hydroxylation is 1. The van der Waals surface area contributed by atoms with Crippen LogP contribution in [0.2, 0.25) is 0 Å². The molecule has 0 atom stereocenters. The Morgan fingerprint density at radius 3 is 2.62 bits per heavy atom. The Kier molecular flexibility index (Phi) is 3.57. The Morgan fingerprint density at radius 2 is 1.90 bits per heavy atom. The number of imidazole rings is 1. The van der Waals surface area contributed by atoms with Crippen molar-refractivity contribution in [1.29, 1.82) is 0 Å². The molecule has 0 aliphatic heterocycles. The van der Waals surface area contributed by atoms with Crippen LogP contribution in [-0.2, 0) is 11.2 Å². The van der Waals surface area contributed by atoms with Crippen LogP contribution in [0.3, 0.4) is 0 Å². The van der Waals surface area contributed by atoms with Gasteiger partial charge in [0.1, 0.15) is 0 Å². The third kappa shape index (κ3) is 3.01. The van der Waals surface area contributed by atoms with Crippen LogP contribution < -0.4 is 5.69 Å². The molecule has 1 saturated carbocycles. The molecule has 1 aromatic carbocycles. The topological polar surface area (TPSA) is 85.9 Å². The number of carboxylic acids is 1. The number of aromatic amines is 2. The predicted molar refractivity (Wildman–Crippen MR) is 80.4 cm³/mol. The van der Waals surface area contributed by atoms with E-state index in [1.165, 1.54) is 0 Å². The fourth-order valence-electron chi connectivity index (χ4n) is 3.61. The van der Waals surface area contributed by atoms with Gasteiger partial charge in [0.15, 0.2) is 0 Å². The van der Waals surface area contributed by atoms with Gasteiger partial charge in [0.2, 0.25) is 0 Å². The predicted octanol–water partition coefficient (Wildman–Crippen LogP) is 2.82. The molecule has 0 saturated heterocycles. The zero-order valence-corrected chi connectivity index (χ0v) is 11.9. The van der Waals surface area contributed by atoms with Gasteiger partial charge >= 0.3 is 11.7 Å². The highest BCUT2D eigenvalue weighted by Gasteiger charge is 2.35. The molecule has 3 N–H and O–H groups in total. The quantitative estimate of drug-likeness (QED) is 0.790. The van der Waals surface area contributed by atoms with Gasteiger partial charge in [0, 0.05) is 0 Å². The van der Waals surface area contributed by atoms with Gasteiger partial charge in [0.05, 0.1) is 17.5 Å². The van der Waals surface area contributed by atoms with E-state index in [9.17, 15) is 9.59 Å².